The average Bonchev–Trinajstić information content (AvgIpc) is 2.49. The molecule has 1 rings (SSSR count). The lowest BCUT2D eigenvalue weighted by molar-refractivity contribution is -0.137. The van der Waals surface area contributed by atoms with Crippen molar-refractivity contribution < 1.29 is 9.90 Å². The summed E-state index contributed by atoms with van der Waals surface area (Å²) in [5, 5.41) is 9.73. The number of unbranched alkanes of at least 4 members (excludes halogenated alkanes) is 1. The van der Waals surface area contributed by atoms with Crippen LogP contribution >= 0.6 is 22.7 Å². The summed E-state index contributed by atoms with van der Waals surface area (Å²) in [6, 6.07) is 0. The Morgan fingerprint density at radius 3 is 2.92 bits per heavy atom. The number of aliphatic carboxylic acids is 1. The molecule has 1 aliphatic heterocycles. The Hall–Kier alpha value is 0.170. The second-order valence-corrected chi connectivity index (χ2v) is 6.70. The van der Waals surface area contributed by atoms with Crippen molar-refractivity contribution in [3.63, 3.8) is 0 Å². The molecule has 1 heterocycles. The second-order valence-electron chi connectivity index (χ2n) is 2.90. The Morgan fingerprint density at radius 1 is 1.50 bits per heavy atom. The summed E-state index contributed by atoms with van der Waals surface area (Å²) in [7, 11) is 0.628. The summed E-state index contributed by atoms with van der Waals surface area (Å²) >= 11 is 2.04. The molecule has 12 heavy (non-hydrogen) atoms. The summed E-state index contributed by atoms with van der Waals surface area (Å²) in [6.07, 6.45) is 2.32. The molecule has 1 fully saturated rings. The molecule has 0 aromatic rings. The molecule has 1 aliphatic rings. The highest BCUT2D eigenvalue weighted by Gasteiger charge is 2.12. The number of thioether (sulfide) groups is 1. The van der Waals surface area contributed by atoms with Crippen LogP contribution in [0.3, 0.4) is 0 Å². The molecule has 0 unspecified atom stereocenters. The first kappa shape index (κ1) is 10.3. The number of carbonyl (C=O) groups is 1. The van der Waals surface area contributed by atoms with Crippen molar-refractivity contribution in [3.05, 3.63) is 0 Å². The Balaban J connectivity index is 1.91. The van der Waals surface area contributed by atoms with E-state index in [2.05, 4.69) is 0 Å². The number of rotatable bonds is 5. The highest BCUT2D eigenvalue weighted by Crippen LogP contribution is 2.38. The van der Waals surface area contributed by atoms with Crippen LogP contribution < -0.4 is 0 Å². The van der Waals surface area contributed by atoms with Gasteiger partial charge < -0.3 is 5.11 Å². The number of hydrogen-bond donors (Lipinski definition) is 1. The molecule has 2 nitrogen and oxygen atoms in total. The van der Waals surface area contributed by atoms with Crippen LogP contribution in [-0.4, -0.2) is 33.4 Å². The Labute approximate surface area is 80.5 Å². The third-order valence-electron chi connectivity index (χ3n) is 1.84. The standard InChI is InChI=1S/C8H15O2S2/c9-8(10)3-1-2-5-12-6-4-11-7-12/h1-7H2,(H,9,10). The molecule has 0 aromatic heterocycles. The monoisotopic (exact) mass is 207 g/mol. The predicted molar refractivity (Wildman–Crippen MR) is 56.1 cm³/mol. The number of carboxylic acids is 1. The Morgan fingerprint density at radius 2 is 2.33 bits per heavy atom. The maximum absolute atomic E-state index is 10.2. The molecule has 0 amide bonds. The van der Waals surface area contributed by atoms with Crippen LogP contribution in [-0.2, 0) is 4.79 Å². The van der Waals surface area contributed by atoms with Gasteiger partial charge in [-0.1, -0.05) is 0 Å². The molecule has 1 N–H and O–H groups in total. The van der Waals surface area contributed by atoms with E-state index in [1.807, 2.05) is 11.8 Å². The van der Waals surface area contributed by atoms with Crippen molar-refractivity contribution in [2.75, 3.05) is 22.3 Å². The molecule has 71 valence electrons. The van der Waals surface area contributed by atoms with Gasteiger partial charge in [0, 0.05) is 17.3 Å². The fourth-order valence-electron chi connectivity index (χ4n) is 1.16. The van der Waals surface area contributed by atoms with Crippen molar-refractivity contribution in [2.45, 2.75) is 19.3 Å². The highest BCUT2D eigenvalue weighted by molar-refractivity contribution is 8.29. The summed E-state index contributed by atoms with van der Waals surface area (Å²) in [5.74, 6) is 3.30. The van der Waals surface area contributed by atoms with E-state index in [9.17, 15) is 4.79 Å². The summed E-state index contributed by atoms with van der Waals surface area (Å²) in [5.41, 5.74) is 0. The zero-order valence-corrected chi connectivity index (χ0v) is 8.75. The fraction of sp³-hybridized carbons (Fsp3) is 0.875. The van der Waals surface area contributed by atoms with Crippen LogP contribution in [0.1, 0.15) is 19.3 Å². The van der Waals surface area contributed by atoms with Crippen molar-refractivity contribution in [1.82, 2.24) is 0 Å². The minimum absolute atomic E-state index is 0.352. The minimum atomic E-state index is -0.654. The van der Waals surface area contributed by atoms with E-state index < -0.39 is 5.97 Å². The zero-order valence-electron chi connectivity index (χ0n) is 7.12. The van der Waals surface area contributed by atoms with E-state index in [0.29, 0.717) is 17.3 Å². The topological polar surface area (TPSA) is 37.3 Å². The summed E-state index contributed by atoms with van der Waals surface area (Å²) in [6.45, 7) is 0. The molecular weight excluding hydrogens is 192 g/mol. The van der Waals surface area contributed by atoms with Crippen molar-refractivity contribution in [3.8, 4) is 0 Å². The van der Waals surface area contributed by atoms with Gasteiger partial charge in [0.15, 0.2) is 0 Å². The third kappa shape index (κ3) is 4.26. The van der Waals surface area contributed by atoms with Crippen molar-refractivity contribution in [2.24, 2.45) is 0 Å². The van der Waals surface area contributed by atoms with Gasteiger partial charge in [-0.05, 0) is 24.3 Å². The van der Waals surface area contributed by atoms with E-state index >= 15 is 0 Å². The van der Waals surface area contributed by atoms with Crippen LogP contribution in [0.5, 0.6) is 0 Å². The van der Waals surface area contributed by atoms with Crippen molar-refractivity contribution >= 4 is 28.6 Å². The molecule has 1 radical (unpaired) electrons. The van der Waals surface area contributed by atoms with Crippen LogP contribution in [0.4, 0.5) is 0 Å². The Kier molecular flexibility index (Phi) is 4.92. The lowest BCUT2D eigenvalue weighted by Gasteiger charge is -2.09. The van der Waals surface area contributed by atoms with Gasteiger partial charge in [-0.2, -0.15) is 22.7 Å². The predicted octanol–water partition coefficient (Wildman–Crippen LogP) is 2.21. The van der Waals surface area contributed by atoms with E-state index in [1.165, 1.54) is 22.3 Å². The molecule has 0 saturated carbocycles. The van der Waals surface area contributed by atoms with Gasteiger partial charge in [-0.3, -0.25) is 4.79 Å². The smallest absolute Gasteiger partial charge is 0.303 e. The lowest BCUT2D eigenvalue weighted by atomic mass is 10.3. The van der Waals surface area contributed by atoms with E-state index in [-0.39, 0.29) is 0 Å². The normalized spacial score (nSPS) is 18.3. The Bertz CT molecular complexity index is 144. The zero-order chi connectivity index (χ0) is 8.81. The van der Waals surface area contributed by atoms with Crippen LogP contribution in [0.2, 0.25) is 0 Å². The largest absolute Gasteiger partial charge is 0.481 e. The maximum atomic E-state index is 10.2. The molecule has 0 aromatic carbocycles. The number of carboxylic acid groups (broad SMARTS) is 1. The van der Waals surface area contributed by atoms with Crippen LogP contribution in [0.25, 0.3) is 0 Å². The van der Waals surface area contributed by atoms with E-state index in [1.54, 1.807) is 0 Å². The third-order valence-corrected chi connectivity index (χ3v) is 6.24. The van der Waals surface area contributed by atoms with Crippen molar-refractivity contribution in [1.29, 1.82) is 0 Å². The first-order chi connectivity index (χ1) is 5.79. The molecule has 0 spiro atoms. The molecule has 1 saturated heterocycles. The van der Waals surface area contributed by atoms with Crippen LogP contribution in [0, 0.1) is 0 Å². The van der Waals surface area contributed by atoms with Gasteiger partial charge in [0.05, 0.1) is 0 Å². The average molecular weight is 207 g/mol. The SMILES string of the molecule is O=C(O)CCCC[S]1CCSC1. The molecule has 0 atom stereocenters. The van der Waals surface area contributed by atoms with Gasteiger partial charge in [-0.15, -0.1) is 0 Å². The van der Waals surface area contributed by atoms with E-state index in [0.717, 1.165) is 12.8 Å². The maximum Gasteiger partial charge on any atom is 0.303 e. The van der Waals surface area contributed by atoms with Gasteiger partial charge in [0.2, 0.25) is 0 Å². The summed E-state index contributed by atoms with van der Waals surface area (Å²) < 4.78 is 0. The van der Waals surface area contributed by atoms with Gasteiger partial charge in [0.1, 0.15) is 0 Å². The van der Waals surface area contributed by atoms with Gasteiger partial charge in [0.25, 0.3) is 0 Å². The van der Waals surface area contributed by atoms with Crippen LogP contribution in [0.15, 0.2) is 0 Å². The quantitative estimate of drug-likeness (QED) is 0.702. The van der Waals surface area contributed by atoms with Gasteiger partial charge >= 0.3 is 5.97 Å². The minimum Gasteiger partial charge on any atom is -0.481 e. The first-order valence-electron chi connectivity index (χ1n) is 4.22. The highest BCUT2D eigenvalue weighted by atomic mass is 32.2. The van der Waals surface area contributed by atoms with E-state index in [4.69, 9.17) is 5.11 Å². The number of hydrogen-bond acceptors (Lipinski definition) is 2. The molecule has 0 aliphatic carbocycles. The molecule has 4 heteroatoms. The fourth-order valence-corrected chi connectivity index (χ4v) is 5.74. The first-order valence-corrected chi connectivity index (χ1v) is 7.11. The van der Waals surface area contributed by atoms with Gasteiger partial charge in [-0.25, -0.2) is 0 Å². The second kappa shape index (κ2) is 5.75. The lowest BCUT2D eigenvalue weighted by Crippen LogP contribution is -1.96. The molecular formula is C8H15O2S2. The summed E-state index contributed by atoms with van der Waals surface area (Å²) in [4.78, 5) is 10.2. The molecule has 0 bridgehead atoms.